The molecule has 0 bridgehead atoms. The highest BCUT2D eigenvalue weighted by Gasteiger charge is 2.18. The lowest BCUT2D eigenvalue weighted by molar-refractivity contribution is -0.358. The van der Waals surface area contributed by atoms with Crippen molar-refractivity contribution in [2.24, 2.45) is 5.73 Å². The smallest absolute Gasteiger partial charge is 0.280 e. The van der Waals surface area contributed by atoms with Crippen molar-refractivity contribution in [3.8, 4) is 0 Å². The Morgan fingerprint density at radius 3 is 2.89 bits per heavy atom. The van der Waals surface area contributed by atoms with E-state index in [-0.39, 0.29) is 11.4 Å². The van der Waals surface area contributed by atoms with Gasteiger partial charge in [0, 0.05) is 10.9 Å². The molecule has 1 aromatic carbocycles. The molecule has 0 radical (unpaired) electrons. The average Bonchev–Trinajstić information content (AvgIpc) is 2.68. The molecule has 0 fully saturated rings. The van der Waals surface area contributed by atoms with E-state index < -0.39 is 5.91 Å². The van der Waals surface area contributed by atoms with Gasteiger partial charge in [-0.05, 0) is 18.2 Å². The van der Waals surface area contributed by atoms with Gasteiger partial charge < -0.3 is 10.7 Å². The molecular formula is C12H10FN4O+. The summed E-state index contributed by atoms with van der Waals surface area (Å²) >= 11 is 0. The number of hydrogen-bond donors (Lipinski definition) is 3. The summed E-state index contributed by atoms with van der Waals surface area (Å²) < 4.78 is 13.3. The number of aromatic nitrogens is 2. The van der Waals surface area contributed by atoms with Crippen LogP contribution in [0.25, 0.3) is 21.8 Å². The number of halogens is 1. The fourth-order valence-electron chi connectivity index (χ4n) is 2.13. The minimum Gasteiger partial charge on any atom is -0.365 e. The molecule has 1 amide bonds. The zero-order chi connectivity index (χ0) is 12.9. The minimum atomic E-state index is -0.580. The van der Waals surface area contributed by atoms with Gasteiger partial charge in [-0.3, -0.25) is 10.5 Å². The van der Waals surface area contributed by atoms with Gasteiger partial charge in [-0.2, -0.15) is 0 Å². The summed E-state index contributed by atoms with van der Waals surface area (Å²) in [5, 5.41) is 1.18. The first kappa shape index (κ1) is 10.5. The van der Waals surface area contributed by atoms with Crippen molar-refractivity contribution >= 4 is 33.5 Å². The number of nitrogen functional groups attached to an aromatic ring is 1. The lowest BCUT2D eigenvalue weighted by atomic mass is 10.1. The molecule has 0 aliphatic carbocycles. The van der Waals surface area contributed by atoms with Crippen molar-refractivity contribution in [2.45, 2.75) is 0 Å². The van der Waals surface area contributed by atoms with Crippen LogP contribution in [0.15, 0.2) is 24.4 Å². The number of carbonyl (C=O) groups is 1. The Kier molecular flexibility index (Phi) is 2.00. The van der Waals surface area contributed by atoms with E-state index in [1.54, 1.807) is 6.07 Å². The average molecular weight is 245 g/mol. The number of benzene rings is 1. The van der Waals surface area contributed by atoms with E-state index in [1.165, 1.54) is 18.3 Å². The van der Waals surface area contributed by atoms with Crippen LogP contribution >= 0.6 is 0 Å². The Bertz CT molecular complexity index is 793. The lowest BCUT2D eigenvalue weighted by Gasteiger charge is -1.96. The van der Waals surface area contributed by atoms with Crippen LogP contribution in [0.1, 0.15) is 10.4 Å². The third-order valence-electron chi connectivity index (χ3n) is 2.94. The zero-order valence-corrected chi connectivity index (χ0v) is 9.25. The van der Waals surface area contributed by atoms with Crippen LogP contribution in [0.4, 0.5) is 10.2 Å². The number of aromatic amines is 2. The molecule has 0 aliphatic heterocycles. The molecule has 2 aromatic heterocycles. The number of rotatable bonds is 1. The van der Waals surface area contributed by atoms with Gasteiger partial charge in [0.15, 0.2) is 0 Å². The van der Waals surface area contributed by atoms with Crippen LogP contribution in [0, 0.1) is 5.82 Å². The van der Waals surface area contributed by atoms with E-state index >= 15 is 0 Å². The van der Waals surface area contributed by atoms with E-state index in [2.05, 4.69) is 9.97 Å². The van der Waals surface area contributed by atoms with Crippen molar-refractivity contribution in [3.05, 3.63) is 35.8 Å². The first-order chi connectivity index (χ1) is 8.58. The highest BCUT2D eigenvalue weighted by atomic mass is 19.1. The number of nitrogens with one attached hydrogen (secondary N) is 2. The molecule has 2 heterocycles. The van der Waals surface area contributed by atoms with E-state index in [4.69, 9.17) is 11.5 Å². The molecule has 5 nitrogen and oxygen atoms in total. The quantitative estimate of drug-likeness (QED) is 0.594. The summed E-state index contributed by atoms with van der Waals surface area (Å²) in [5.41, 5.74) is 12.6. The number of amides is 1. The van der Waals surface area contributed by atoms with E-state index in [0.29, 0.717) is 27.6 Å². The van der Waals surface area contributed by atoms with Crippen LogP contribution in [-0.4, -0.2) is 10.9 Å². The first-order valence-corrected chi connectivity index (χ1v) is 5.29. The molecule has 0 aliphatic rings. The Labute approximate surface area is 101 Å². The molecule has 90 valence electrons. The van der Waals surface area contributed by atoms with Gasteiger partial charge in [0.2, 0.25) is 0 Å². The van der Waals surface area contributed by atoms with Crippen LogP contribution in [0.2, 0.25) is 0 Å². The number of nitrogens with two attached hydrogens (primary N) is 2. The monoisotopic (exact) mass is 245 g/mol. The van der Waals surface area contributed by atoms with Crippen LogP contribution in [0.5, 0.6) is 0 Å². The second kappa shape index (κ2) is 3.43. The van der Waals surface area contributed by atoms with Crippen molar-refractivity contribution in [3.63, 3.8) is 0 Å². The zero-order valence-electron chi connectivity index (χ0n) is 9.25. The molecule has 6 N–H and O–H groups in total. The molecule has 3 aromatic rings. The van der Waals surface area contributed by atoms with Gasteiger partial charge in [-0.25, -0.2) is 9.37 Å². The van der Waals surface area contributed by atoms with Gasteiger partial charge in [0.25, 0.3) is 11.7 Å². The molecule has 3 rings (SSSR count). The Balaban J connectivity index is 2.56. The van der Waals surface area contributed by atoms with Gasteiger partial charge >= 0.3 is 0 Å². The number of fused-ring (bicyclic) bond motifs is 3. The van der Waals surface area contributed by atoms with E-state index in [9.17, 15) is 9.18 Å². The maximum absolute atomic E-state index is 13.3. The fourth-order valence-corrected chi connectivity index (χ4v) is 2.13. The highest BCUT2D eigenvalue weighted by molar-refractivity contribution is 6.17. The number of anilines is 1. The second-order valence-electron chi connectivity index (χ2n) is 4.05. The Hall–Kier alpha value is -2.63. The molecule has 6 heteroatoms. The van der Waals surface area contributed by atoms with Crippen LogP contribution in [-0.2, 0) is 0 Å². The molecule has 0 unspecified atom stereocenters. The maximum Gasteiger partial charge on any atom is 0.280 e. The summed E-state index contributed by atoms with van der Waals surface area (Å²) in [5.74, 6) is -0.595. The first-order valence-electron chi connectivity index (χ1n) is 5.29. The maximum atomic E-state index is 13.3. The Morgan fingerprint density at radius 1 is 1.39 bits per heavy atom. The summed E-state index contributed by atoms with van der Waals surface area (Å²) in [6, 6.07) is 4.29. The predicted molar refractivity (Wildman–Crippen MR) is 65.2 cm³/mol. The van der Waals surface area contributed by atoms with E-state index in [1.807, 2.05) is 0 Å². The third kappa shape index (κ3) is 1.32. The van der Waals surface area contributed by atoms with Crippen LogP contribution < -0.4 is 16.5 Å². The summed E-state index contributed by atoms with van der Waals surface area (Å²) in [6.45, 7) is 0. The van der Waals surface area contributed by atoms with Crippen molar-refractivity contribution in [1.82, 2.24) is 4.98 Å². The standard InChI is InChI=1S/C12H9FN4O/c13-5-1-2-8-6(3-5)9-10(17-8)7(12(15)18)4-16-11(9)14/h1-4,17H,(H2,14,16)(H2,15,18)/p+1. The topological polar surface area (TPSA) is 99.0 Å². The van der Waals surface area contributed by atoms with Gasteiger partial charge in [0.1, 0.15) is 17.6 Å². The highest BCUT2D eigenvalue weighted by Crippen LogP contribution is 2.29. The SMILES string of the molecule is NC(=O)c1c[nH+]c(N)c2c1[nH]c1ccc(F)cc12. The summed E-state index contributed by atoms with van der Waals surface area (Å²) in [6.07, 6.45) is 1.44. The number of H-pyrrole nitrogens is 2. The third-order valence-corrected chi connectivity index (χ3v) is 2.94. The largest absolute Gasteiger partial charge is 0.365 e. The number of primary amides is 1. The normalized spacial score (nSPS) is 11.2. The number of carbonyl (C=O) groups excluding carboxylic acids is 1. The minimum absolute atomic E-state index is 0.288. The number of pyridine rings is 1. The Morgan fingerprint density at radius 2 is 2.17 bits per heavy atom. The molecule has 18 heavy (non-hydrogen) atoms. The number of hydrogen-bond acceptors (Lipinski definition) is 2. The van der Waals surface area contributed by atoms with Gasteiger partial charge in [-0.1, -0.05) is 0 Å². The van der Waals surface area contributed by atoms with Gasteiger partial charge in [-0.15, -0.1) is 0 Å². The molecule has 0 saturated heterocycles. The summed E-state index contributed by atoms with van der Waals surface area (Å²) in [4.78, 5) is 17.1. The lowest BCUT2D eigenvalue weighted by Crippen LogP contribution is -2.18. The van der Waals surface area contributed by atoms with Crippen molar-refractivity contribution in [1.29, 1.82) is 0 Å². The molecule has 0 atom stereocenters. The molecular weight excluding hydrogens is 235 g/mol. The van der Waals surface area contributed by atoms with E-state index in [0.717, 1.165) is 0 Å². The summed E-state index contributed by atoms with van der Waals surface area (Å²) in [7, 11) is 0. The van der Waals surface area contributed by atoms with Crippen molar-refractivity contribution in [2.75, 3.05) is 5.73 Å². The van der Waals surface area contributed by atoms with Crippen LogP contribution in [0.3, 0.4) is 0 Å². The van der Waals surface area contributed by atoms with Gasteiger partial charge in [0.05, 0.1) is 10.9 Å². The predicted octanol–water partition coefficient (Wildman–Crippen LogP) is 0.955. The fraction of sp³-hybridized carbons (Fsp3) is 0. The molecule has 0 spiro atoms. The second-order valence-corrected chi connectivity index (χ2v) is 4.05. The molecule has 0 saturated carbocycles. The van der Waals surface area contributed by atoms with Crippen molar-refractivity contribution < 1.29 is 14.2 Å².